The summed E-state index contributed by atoms with van der Waals surface area (Å²) in [6.45, 7) is -3.41. The molecule has 3 aromatic carbocycles. The average Bonchev–Trinajstić information content (AvgIpc) is 2.77. The van der Waals surface area contributed by atoms with Gasteiger partial charge in [-0.15, -0.1) is 13.2 Å². The number of ether oxygens (including phenoxy) is 5. The zero-order chi connectivity index (χ0) is 27.4. The van der Waals surface area contributed by atoms with Crippen LogP contribution in [-0.2, 0) is 4.79 Å². The molecule has 3 rings (SSSR count). The van der Waals surface area contributed by atoms with Crippen LogP contribution in [-0.4, -0.2) is 26.3 Å². The first-order chi connectivity index (χ1) is 17.2. The van der Waals surface area contributed by atoms with E-state index in [1.807, 2.05) is 0 Å². The van der Waals surface area contributed by atoms with E-state index < -0.39 is 60.3 Å². The molecule has 0 aliphatic rings. The van der Waals surface area contributed by atoms with Gasteiger partial charge in [-0.05, 0) is 48.5 Å². The minimum atomic E-state index is -5.11. The number of benzene rings is 3. The Morgan fingerprint density at radius 1 is 0.882 bits per heavy atom. The van der Waals surface area contributed by atoms with Crippen LogP contribution in [0.2, 0.25) is 0 Å². The van der Waals surface area contributed by atoms with Crippen LogP contribution in [0.3, 0.4) is 0 Å². The van der Waals surface area contributed by atoms with Crippen molar-refractivity contribution in [2.45, 2.75) is 13.0 Å². The van der Waals surface area contributed by atoms with Gasteiger partial charge in [-0.3, -0.25) is 4.79 Å². The standard InChI is InChI=1S/C22H13F6O6/c1-30-18-10-14(34-22(26,27)28)6-7-15(18)32-17-9-8-16(33-21(24)25)19(23)20(17)31-13-4-2-12(11-29)3-5-13/h2-10,21H,1H3/i1D3. The lowest BCUT2D eigenvalue weighted by Gasteiger charge is -2.17. The third kappa shape index (κ3) is 6.24. The quantitative estimate of drug-likeness (QED) is 0.325. The largest absolute Gasteiger partial charge is 0.573 e. The van der Waals surface area contributed by atoms with Crippen LogP contribution < -0.4 is 23.7 Å². The number of methoxy groups -OCH3 is 1. The third-order valence-electron chi connectivity index (χ3n) is 3.91. The van der Waals surface area contributed by atoms with E-state index in [4.69, 9.17) is 13.6 Å². The van der Waals surface area contributed by atoms with Crippen molar-refractivity contribution in [2.75, 3.05) is 7.04 Å². The maximum atomic E-state index is 15.1. The van der Waals surface area contributed by atoms with E-state index >= 15 is 4.39 Å². The molecule has 0 saturated carbocycles. The van der Waals surface area contributed by atoms with Crippen molar-refractivity contribution < 1.29 is 58.9 Å². The number of halogens is 6. The summed E-state index contributed by atoms with van der Waals surface area (Å²) < 4.78 is 123. The Bertz CT molecular complexity index is 1250. The molecule has 34 heavy (non-hydrogen) atoms. The lowest BCUT2D eigenvalue weighted by atomic mass is 10.2. The molecule has 0 atom stereocenters. The summed E-state index contributed by atoms with van der Waals surface area (Å²) in [7, 11) is -3.15. The molecule has 6 nitrogen and oxygen atoms in total. The van der Waals surface area contributed by atoms with E-state index in [1.54, 1.807) is 6.29 Å². The topological polar surface area (TPSA) is 63.2 Å². The van der Waals surface area contributed by atoms with E-state index in [9.17, 15) is 26.7 Å². The van der Waals surface area contributed by atoms with Crippen LogP contribution in [0.5, 0.6) is 40.2 Å². The van der Waals surface area contributed by atoms with Crippen LogP contribution in [0.25, 0.3) is 0 Å². The molecule has 0 aliphatic heterocycles. The van der Waals surface area contributed by atoms with Gasteiger partial charge in [0.15, 0.2) is 23.0 Å². The molecule has 0 aliphatic carbocycles. The zero-order valence-electron chi connectivity index (χ0n) is 19.5. The van der Waals surface area contributed by atoms with Gasteiger partial charge in [0.05, 0.1) is 11.2 Å². The highest BCUT2D eigenvalue weighted by molar-refractivity contribution is 5.75. The fraction of sp³-hybridized carbons (Fsp3) is 0.136. The molecule has 0 N–H and O–H groups in total. The van der Waals surface area contributed by atoms with Crippen molar-refractivity contribution >= 4 is 6.29 Å². The van der Waals surface area contributed by atoms with Crippen molar-refractivity contribution in [3.8, 4) is 40.2 Å². The SMILES string of the molecule is [2H]C([2H])([2H])Oc1cc(OC(F)(F)F)ccc1Oc1ccc(OC(F)F)c(F)c1Oc1ccc([C]=O)cc1. The summed E-state index contributed by atoms with van der Waals surface area (Å²) in [6.07, 6.45) is -3.51. The molecule has 12 heteroatoms. The van der Waals surface area contributed by atoms with Crippen LogP contribution >= 0.6 is 0 Å². The predicted molar refractivity (Wildman–Crippen MR) is 104 cm³/mol. The molecular formula is C22H13F6O6. The van der Waals surface area contributed by atoms with Gasteiger partial charge < -0.3 is 23.7 Å². The van der Waals surface area contributed by atoms with Crippen molar-refractivity contribution in [3.05, 3.63) is 66.0 Å². The van der Waals surface area contributed by atoms with Crippen molar-refractivity contribution in [1.82, 2.24) is 0 Å². The molecule has 0 heterocycles. The maximum Gasteiger partial charge on any atom is 0.573 e. The molecule has 0 aromatic heterocycles. The van der Waals surface area contributed by atoms with E-state index in [0.717, 1.165) is 24.3 Å². The molecule has 0 bridgehead atoms. The summed E-state index contributed by atoms with van der Waals surface area (Å²) in [5, 5.41) is 0. The molecular weight excluding hydrogens is 474 g/mol. The monoisotopic (exact) mass is 490 g/mol. The molecule has 0 unspecified atom stereocenters. The van der Waals surface area contributed by atoms with E-state index in [-0.39, 0.29) is 11.3 Å². The van der Waals surface area contributed by atoms with Crippen LogP contribution in [0.15, 0.2) is 54.6 Å². The van der Waals surface area contributed by atoms with Gasteiger partial charge in [0.2, 0.25) is 17.9 Å². The van der Waals surface area contributed by atoms with Gasteiger partial charge in [0.1, 0.15) is 11.5 Å². The summed E-state index contributed by atoms with van der Waals surface area (Å²) in [4.78, 5) is 10.7. The van der Waals surface area contributed by atoms with Crippen molar-refractivity contribution in [2.24, 2.45) is 0 Å². The molecule has 0 saturated heterocycles. The first-order valence-corrected chi connectivity index (χ1v) is 8.94. The third-order valence-corrected chi connectivity index (χ3v) is 3.91. The molecule has 0 spiro atoms. The van der Waals surface area contributed by atoms with Crippen LogP contribution in [0.4, 0.5) is 26.3 Å². The Morgan fingerprint density at radius 2 is 1.53 bits per heavy atom. The first kappa shape index (κ1) is 20.5. The van der Waals surface area contributed by atoms with Crippen LogP contribution in [0, 0.1) is 5.82 Å². The fourth-order valence-corrected chi connectivity index (χ4v) is 2.56. The average molecular weight is 490 g/mol. The minimum absolute atomic E-state index is 0.0927. The Hall–Kier alpha value is -4.09. The second-order valence-corrected chi connectivity index (χ2v) is 6.17. The highest BCUT2D eigenvalue weighted by Crippen LogP contribution is 2.44. The second kappa shape index (κ2) is 10.2. The van der Waals surface area contributed by atoms with Gasteiger partial charge in [-0.2, -0.15) is 13.2 Å². The van der Waals surface area contributed by atoms with Gasteiger partial charge in [-0.25, -0.2) is 0 Å². The molecule has 3 aromatic rings. The molecule has 0 fully saturated rings. The normalized spacial score (nSPS) is 12.9. The summed E-state index contributed by atoms with van der Waals surface area (Å²) >= 11 is 0. The lowest BCUT2D eigenvalue weighted by Crippen LogP contribution is -2.17. The Kier molecular flexibility index (Phi) is 6.17. The Morgan fingerprint density at radius 3 is 2.15 bits per heavy atom. The van der Waals surface area contributed by atoms with Crippen molar-refractivity contribution in [1.29, 1.82) is 0 Å². The number of hydrogen-bond acceptors (Lipinski definition) is 6. The number of rotatable bonds is 9. The molecule has 179 valence electrons. The number of alkyl halides is 5. The second-order valence-electron chi connectivity index (χ2n) is 6.17. The maximum absolute atomic E-state index is 15.1. The highest BCUT2D eigenvalue weighted by Gasteiger charge is 2.31. The first-order valence-electron chi connectivity index (χ1n) is 10.4. The Balaban J connectivity index is 2.05. The summed E-state index contributed by atoms with van der Waals surface area (Å²) in [5.74, 6) is -5.99. The van der Waals surface area contributed by atoms with E-state index in [2.05, 4.69) is 14.2 Å². The number of hydrogen-bond donors (Lipinski definition) is 0. The Labute approximate surface area is 192 Å². The van der Waals surface area contributed by atoms with E-state index in [1.165, 1.54) is 24.3 Å². The van der Waals surface area contributed by atoms with Gasteiger partial charge in [0, 0.05) is 11.6 Å². The van der Waals surface area contributed by atoms with Crippen molar-refractivity contribution in [3.63, 3.8) is 0 Å². The minimum Gasteiger partial charge on any atom is -0.493 e. The summed E-state index contributed by atoms with van der Waals surface area (Å²) in [5.41, 5.74) is 0.117. The van der Waals surface area contributed by atoms with Crippen LogP contribution in [0.1, 0.15) is 9.68 Å². The number of carbonyl (C=O) groups excluding carboxylic acids is 1. The smallest absolute Gasteiger partial charge is 0.493 e. The lowest BCUT2D eigenvalue weighted by molar-refractivity contribution is -0.274. The van der Waals surface area contributed by atoms with Gasteiger partial charge in [-0.1, -0.05) is 0 Å². The summed E-state index contributed by atoms with van der Waals surface area (Å²) in [6, 6.07) is 8.77. The van der Waals surface area contributed by atoms with Gasteiger partial charge >= 0.3 is 13.0 Å². The van der Waals surface area contributed by atoms with E-state index in [0.29, 0.717) is 6.07 Å². The highest BCUT2D eigenvalue weighted by atomic mass is 19.4. The van der Waals surface area contributed by atoms with Gasteiger partial charge in [0.25, 0.3) is 0 Å². The molecule has 1 radical (unpaired) electrons. The zero-order valence-corrected chi connectivity index (χ0v) is 16.5. The molecule has 0 amide bonds. The predicted octanol–water partition coefficient (Wildman–Crippen LogP) is 6.38. The fourth-order valence-electron chi connectivity index (χ4n) is 2.56.